The molecule has 0 aliphatic carbocycles. The van der Waals surface area contributed by atoms with E-state index in [1.165, 1.54) is 31.2 Å². The molecule has 0 radical (unpaired) electrons. The molecule has 2 aliphatic rings. The fraction of sp³-hybridized carbons (Fsp3) is 0.387. The number of ether oxygens (including phenoxy) is 2. The third-order valence-corrected chi connectivity index (χ3v) is 7.68. The molecule has 0 bridgehead atoms. The van der Waals surface area contributed by atoms with Crippen LogP contribution in [0.15, 0.2) is 54.6 Å². The van der Waals surface area contributed by atoms with E-state index < -0.39 is 0 Å². The first-order valence-electron chi connectivity index (χ1n) is 13.2. The molecule has 36 heavy (non-hydrogen) atoms. The molecule has 5 heteroatoms. The maximum Gasteiger partial charge on any atom is 0.338 e. The summed E-state index contributed by atoms with van der Waals surface area (Å²) < 4.78 is 11.8. The van der Waals surface area contributed by atoms with Gasteiger partial charge in [-0.25, -0.2) is 4.79 Å². The van der Waals surface area contributed by atoms with Gasteiger partial charge < -0.3 is 19.3 Å². The second-order valence-corrected chi connectivity index (χ2v) is 9.57. The lowest BCUT2D eigenvalue weighted by Crippen LogP contribution is -2.23. The zero-order valence-electron chi connectivity index (χ0n) is 21.8. The predicted molar refractivity (Wildman–Crippen MR) is 146 cm³/mol. The first-order valence-corrected chi connectivity index (χ1v) is 13.2. The number of benzene rings is 3. The summed E-state index contributed by atoms with van der Waals surface area (Å²) in [6.07, 6.45) is 3.39. The van der Waals surface area contributed by atoms with Crippen LogP contribution in [0.3, 0.4) is 0 Å². The van der Waals surface area contributed by atoms with E-state index in [9.17, 15) is 4.79 Å². The van der Waals surface area contributed by atoms with E-state index in [-0.39, 0.29) is 11.9 Å². The number of aryl methyl sites for hydroxylation is 1. The van der Waals surface area contributed by atoms with Crippen LogP contribution in [0.1, 0.15) is 72.1 Å². The Morgan fingerprint density at radius 3 is 2.36 bits per heavy atom. The van der Waals surface area contributed by atoms with Gasteiger partial charge in [0.25, 0.3) is 0 Å². The van der Waals surface area contributed by atoms with E-state index in [4.69, 9.17) is 9.47 Å². The van der Waals surface area contributed by atoms with Crippen molar-refractivity contribution in [2.75, 3.05) is 43.1 Å². The number of rotatable bonds is 7. The molecule has 1 atom stereocenters. The molecule has 0 aromatic heterocycles. The van der Waals surface area contributed by atoms with Crippen molar-refractivity contribution in [1.29, 1.82) is 0 Å². The molecule has 188 valence electrons. The lowest BCUT2D eigenvalue weighted by Gasteiger charge is -2.33. The minimum atomic E-state index is -0.315. The number of fused-ring (bicyclic) bond motifs is 2. The van der Waals surface area contributed by atoms with Gasteiger partial charge in [0.2, 0.25) is 0 Å². The number of anilines is 2. The Kier molecular flexibility index (Phi) is 6.90. The minimum absolute atomic E-state index is 0.128. The van der Waals surface area contributed by atoms with Crippen LogP contribution in [0.25, 0.3) is 0 Å². The second kappa shape index (κ2) is 10.3. The van der Waals surface area contributed by atoms with Gasteiger partial charge in [-0.3, -0.25) is 0 Å². The molecule has 5 rings (SSSR count). The van der Waals surface area contributed by atoms with Crippen LogP contribution in [0.4, 0.5) is 11.4 Å². The zero-order chi connectivity index (χ0) is 25.2. The molecule has 1 fully saturated rings. The van der Waals surface area contributed by atoms with Gasteiger partial charge in [-0.05, 0) is 68.5 Å². The average molecular weight is 485 g/mol. The van der Waals surface area contributed by atoms with E-state index in [1.807, 2.05) is 18.2 Å². The second-order valence-electron chi connectivity index (χ2n) is 9.57. The maximum absolute atomic E-state index is 12.8. The van der Waals surface area contributed by atoms with Crippen LogP contribution in [-0.2, 0) is 11.2 Å². The number of esters is 1. The Morgan fingerprint density at radius 2 is 1.67 bits per heavy atom. The highest BCUT2D eigenvalue weighted by Crippen LogP contribution is 2.51. The fourth-order valence-corrected chi connectivity index (χ4v) is 5.78. The monoisotopic (exact) mass is 484 g/mol. The summed E-state index contributed by atoms with van der Waals surface area (Å²) in [5, 5.41) is 0. The molecule has 0 spiro atoms. The minimum Gasteiger partial charge on any atom is -0.465 e. The van der Waals surface area contributed by atoms with Crippen LogP contribution in [0, 0.1) is 0 Å². The lowest BCUT2D eigenvalue weighted by atomic mass is 9.79. The molecule has 3 aromatic rings. The summed E-state index contributed by atoms with van der Waals surface area (Å²) in [5.41, 5.74) is 7.47. The Bertz CT molecular complexity index is 1260. The largest absolute Gasteiger partial charge is 0.465 e. The van der Waals surface area contributed by atoms with E-state index in [0.717, 1.165) is 66.5 Å². The number of carbonyl (C=O) groups is 1. The molecular weight excluding hydrogens is 448 g/mol. The van der Waals surface area contributed by atoms with Crippen molar-refractivity contribution in [1.82, 2.24) is 0 Å². The Labute approximate surface area is 214 Å². The standard InChI is InChI=1S/C31H36N2O3/c1-5-21-18-28-26(20-27(21)33-16-10-11-17-33)30(23-12-8-9-13-24(23)31(34)35-4)25-15-14-22(19-29(25)36-28)32(6-2)7-3/h8-9,12-15,18-20,30H,5-7,10-11,16-17H2,1-4H3. The summed E-state index contributed by atoms with van der Waals surface area (Å²) in [5.74, 6) is 1.29. The van der Waals surface area contributed by atoms with E-state index in [2.05, 4.69) is 67.0 Å². The molecule has 3 aromatic carbocycles. The van der Waals surface area contributed by atoms with Crippen molar-refractivity contribution in [2.45, 2.75) is 46.0 Å². The topological polar surface area (TPSA) is 42.0 Å². The van der Waals surface area contributed by atoms with Gasteiger partial charge in [0.05, 0.1) is 12.7 Å². The van der Waals surface area contributed by atoms with Crippen LogP contribution in [0.2, 0.25) is 0 Å². The first-order chi connectivity index (χ1) is 17.6. The molecule has 2 heterocycles. The summed E-state index contributed by atoms with van der Waals surface area (Å²) in [4.78, 5) is 17.7. The maximum atomic E-state index is 12.8. The zero-order valence-corrected chi connectivity index (χ0v) is 21.8. The van der Waals surface area contributed by atoms with Gasteiger partial charge in [-0.2, -0.15) is 0 Å². The summed E-state index contributed by atoms with van der Waals surface area (Å²) in [6, 6.07) is 18.9. The van der Waals surface area contributed by atoms with Gasteiger partial charge in [0.1, 0.15) is 11.5 Å². The summed E-state index contributed by atoms with van der Waals surface area (Å²) in [7, 11) is 1.44. The van der Waals surface area contributed by atoms with Gasteiger partial charge in [0.15, 0.2) is 0 Å². The van der Waals surface area contributed by atoms with Crippen molar-refractivity contribution in [3.63, 3.8) is 0 Å². The average Bonchev–Trinajstić information content (AvgIpc) is 3.46. The van der Waals surface area contributed by atoms with Crippen molar-refractivity contribution >= 4 is 17.3 Å². The van der Waals surface area contributed by atoms with Crippen LogP contribution < -0.4 is 14.5 Å². The van der Waals surface area contributed by atoms with Crippen molar-refractivity contribution < 1.29 is 14.3 Å². The first kappa shape index (κ1) is 24.2. The van der Waals surface area contributed by atoms with Gasteiger partial charge in [-0.15, -0.1) is 0 Å². The molecule has 0 amide bonds. The molecule has 5 nitrogen and oxygen atoms in total. The SMILES string of the molecule is CCc1cc2c(cc1N1CCCC1)C(c1ccccc1C(=O)OC)c1ccc(N(CC)CC)cc1O2. The molecule has 0 saturated carbocycles. The van der Waals surface area contributed by atoms with Crippen molar-refractivity contribution in [2.24, 2.45) is 0 Å². The van der Waals surface area contributed by atoms with E-state index in [1.54, 1.807) is 0 Å². The molecule has 0 N–H and O–H groups in total. The van der Waals surface area contributed by atoms with Crippen molar-refractivity contribution in [3.05, 3.63) is 82.4 Å². The number of methoxy groups -OCH3 is 1. The third-order valence-electron chi connectivity index (χ3n) is 7.68. The molecule has 1 saturated heterocycles. The third kappa shape index (κ3) is 4.21. The van der Waals surface area contributed by atoms with Crippen molar-refractivity contribution in [3.8, 4) is 11.5 Å². The smallest absolute Gasteiger partial charge is 0.338 e. The Morgan fingerprint density at radius 1 is 0.944 bits per heavy atom. The van der Waals surface area contributed by atoms with Crippen LogP contribution in [-0.4, -0.2) is 39.3 Å². The van der Waals surface area contributed by atoms with E-state index >= 15 is 0 Å². The Balaban J connectivity index is 1.73. The predicted octanol–water partition coefficient (Wildman–Crippen LogP) is 6.77. The summed E-state index contributed by atoms with van der Waals surface area (Å²) in [6.45, 7) is 10.6. The highest BCUT2D eigenvalue weighted by molar-refractivity contribution is 5.92. The Hall–Kier alpha value is -3.47. The van der Waals surface area contributed by atoms with E-state index in [0.29, 0.717) is 5.56 Å². The molecule has 1 unspecified atom stereocenters. The van der Waals surface area contributed by atoms with Crippen LogP contribution >= 0.6 is 0 Å². The summed E-state index contributed by atoms with van der Waals surface area (Å²) >= 11 is 0. The van der Waals surface area contributed by atoms with Gasteiger partial charge >= 0.3 is 5.97 Å². The highest BCUT2D eigenvalue weighted by atomic mass is 16.5. The van der Waals surface area contributed by atoms with Crippen LogP contribution in [0.5, 0.6) is 11.5 Å². The highest BCUT2D eigenvalue weighted by Gasteiger charge is 2.33. The number of hydrogen-bond donors (Lipinski definition) is 0. The van der Waals surface area contributed by atoms with Gasteiger partial charge in [0, 0.05) is 60.7 Å². The molecular formula is C31H36N2O3. The normalized spacial score (nSPS) is 16.2. The fourth-order valence-electron chi connectivity index (χ4n) is 5.78. The quantitative estimate of drug-likeness (QED) is 0.271. The molecule has 2 aliphatic heterocycles. The number of carbonyl (C=O) groups excluding carboxylic acids is 1. The lowest BCUT2D eigenvalue weighted by molar-refractivity contribution is 0.0599. The number of nitrogens with zero attached hydrogens (tertiary/aromatic N) is 2. The number of hydrogen-bond acceptors (Lipinski definition) is 5. The van der Waals surface area contributed by atoms with Gasteiger partial charge in [-0.1, -0.05) is 31.2 Å².